The topological polar surface area (TPSA) is 74.2 Å². The first kappa shape index (κ1) is 14.4. The van der Waals surface area contributed by atoms with Crippen molar-refractivity contribution < 1.29 is 28.8 Å². The third kappa shape index (κ3) is 2.65. The van der Waals surface area contributed by atoms with E-state index >= 15 is 0 Å². The standard InChI is InChI=1S/C15H20O6/c1-2-8-18-13-11(16)14(17)20-12(13)10-9-19-15(21-10)6-4-3-5-7-15/h2,10,12,16H,1,3-9H2/t10-,12+/m0/s1. The number of carbonyl (C=O) groups is 1. The van der Waals surface area contributed by atoms with Crippen molar-refractivity contribution >= 4 is 5.97 Å². The molecule has 1 spiro atoms. The summed E-state index contributed by atoms with van der Waals surface area (Å²) >= 11 is 0. The van der Waals surface area contributed by atoms with Crippen LogP contribution in [0.5, 0.6) is 0 Å². The van der Waals surface area contributed by atoms with Crippen LogP contribution in [-0.4, -0.2) is 42.3 Å². The Hall–Kier alpha value is -1.53. The van der Waals surface area contributed by atoms with Crippen LogP contribution in [-0.2, 0) is 23.7 Å². The zero-order valence-electron chi connectivity index (χ0n) is 11.9. The molecule has 2 fully saturated rings. The summed E-state index contributed by atoms with van der Waals surface area (Å²) in [6.07, 6.45) is 5.36. The zero-order chi connectivity index (χ0) is 14.9. The van der Waals surface area contributed by atoms with Gasteiger partial charge in [-0.05, 0) is 12.8 Å². The fraction of sp³-hybridized carbons (Fsp3) is 0.667. The fourth-order valence-corrected chi connectivity index (χ4v) is 3.08. The van der Waals surface area contributed by atoms with Gasteiger partial charge in [0.2, 0.25) is 5.76 Å². The number of hydrogen-bond donors (Lipinski definition) is 1. The van der Waals surface area contributed by atoms with Crippen LogP contribution in [0.4, 0.5) is 0 Å². The van der Waals surface area contributed by atoms with Crippen LogP contribution in [0, 0.1) is 0 Å². The van der Waals surface area contributed by atoms with Crippen LogP contribution >= 0.6 is 0 Å². The molecule has 3 rings (SSSR count). The summed E-state index contributed by atoms with van der Waals surface area (Å²) in [5.74, 6) is -1.72. The van der Waals surface area contributed by atoms with E-state index in [9.17, 15) is 9.90 Å². The SMILES string of the molecule is C=CCOC1=C(O)C(=O)O[C@@H]1[C@@H]1COC2(CCCCC2)O1. The molecule has 3 aliphatic rings. The van der Waals surface area contributed by atoms with Crippen LogP contribution in [0.3, 0.4) is 0 Å². The van der Waals surface area contributed by atoms with E-state index in [1.165, 1.54) is 12.5 Å². The highest BCUT2D eigenvalue weighted by Crippen LogP contribution is 2.40. The number of rotatable bonds is 4. The normalized spacial score (nSPS) is 31.5. The van der Waals surface area contributed by atoms with Gasteiger partial charge < -0.3 is 24.1 Å². The van der Waals surface area contributed by atoms with Crippen molar-refractivity contribution in [3.05, 3.63) is 24.2 Å². The molecule has 1 N–H and O–H groups in total. The Morgan fingerprint density at radius 1 is 1.38 bits per heavy atom. The molecule has 0 aromatic rings. The minimum atomic E-state index is -0.785. The van der Waals surface area contributed by atoms with Gasteiger partial charge in [0.05, 0.1) is 6.61 Å². The van der Waals surface area contributed by atoms with E-state index in [0.29, 0.717) is 6.61 Å². The zero-order valence-corrected chi connectivity index (χ0v) is 11.9. The largest absolute Gasteiger partial charge is 0.499 e. The van der Waals surface area contributed by atoms with Crippen molar-refractivity contribution in [1.29, 1.82) is 0 Å². The highest BCUT2D eigenvalue weighted by atomic mass is 16.8. The molecule has 1 saturated heterocycles. The molecule has 21 heavy (non-hydrogen) atoms. The maximum Gasteiger partial charge on any atom is 0.378 e. The molecule has 0 unspecified atom stereocenters. The second-order valence-electron chi connectivity index (χ2n) is 5.58. The molecule has 1 aliphatic carbocycles. The summed E-state index contributed by atoms with van der Waals surface area (Å²) in [5.41, 5.74) is 0. The van der Waals surface area contributed by atoms with Gasteiger partial charge in [-0.3, -0.25) is 0 Å². The van der Waals surface area contributed by atoms with Crippen molar-refractivity contribution in [2.75, 3.05) is 13.2 Å². The molecule has 0 amide bonds. The molecular weight excluding hydrogens is 276 g/mol. The number of ether oxygens (including phenoxy) is 4. The van der Waals surface area contributed by atoms with E-state index < -0.39 is 29.7 Å². The van der Waals surface area contributed by atoms with Gasteiger partial charge in [0.1, 0.15) is 12.7 Å². The average Bonchev–Trinajstić information content (AvgIpc) is 3.01. The molecule has 0 aromatic heterocycles. The number of carbonyl (C=O) groups excluding carboxylic acids is 1. The minimum Gasteiger partial charge on any atom is -0.499 e. The summed E-state index contributed by atoms with van der Waals surface area (Å²) in [6, 6.07) is 0. The third-order valence-electron chi connectivity index (χ3n) is 4.11. The van der Waals surface area contributed by atoms with Gasteiger partial charge in [-0.15, -0.1) is 0 Å². The summed E-state index contributed by atoms with van der Waals surface area (Å²) in [5, 5.41) is 9.77. The molecule has 2 heterocycles. The molecule has 1 saturated carbocycles. The molecule has 0 bridgehead atoms. The Morgan fingerprint density at radius 2 is 2.14 bits per heavy atom. The van der Waals surface area contributed by atoms with Crippen LogP contribution in [0.25, 0.3) is 0 Å². The fourth-order valence-electron chi connectivity index (χ4n) is 3.08. The Kier molecular flexibility index (Phi) is 3.91. The maximum absolute atomic E-state index is 11.6. The lowest BCUT2D eigenvalue weighted by molar-refractivity contribution is -0.197. The molecule has 0 aromatic carbocycles. The third-order valence-corrected chi connectivity index (χ3v) is 4.11. The van der Waals surface area contributed by atoms with Gasteiger partial charge in [-0.2, -0.15) is 0 Å². The van der Waals surface area contributed by atoms with E-state index in [4.69, 9.17) is 18.9 Å². The number of hydrogen-bond acceptors (Lipinski definition) is 6. The van der Waals surface area contributed by atoms with E-state index in [1.807, 2.05) is 0 Å². The number of cyclic esters (lactones) is 1. The Balaban J connectivity index is 1.71. The molecule has 116 valence electrons. The predicted molar refractivity (Wildman–Crippen MR) is 72.3 cm³/mol. The predicted octanol–water partition coefficient (Wildman–Crippen LogP) is 1.96. The van der Waals surface area contributed by atoms with E-state index in [2.05, 4.69) is 6.58 Å². The lowest BCUT2D eigenvalue weighted by Gasteiger charge is -2.32. The number of esters is 1. The highest BCUT2D eigenvalue weighted by molar-refractivity contribution is 5.89. The van der Waals surface area contributed by atoms with Gasteiger partial charge in [0, 0.05) is 12.8 Å². The van der Waals surface area contributed by atoms with Crippen molar-refractivity contribution in [1.82, 2.24) is 0 Å². The molecular formula is C15H20O6. The van der Waals surface area contributed by atoms with Gasteiger partial charge >= 0.3 is 5.97 Å². The van der Waals surface area contributed by atoms with Crippen molar-refractivity contribution in [3.8, 4) is 0 Å². The van der Waals surface area contributed by atoms with Crippen molar-refractivity contribution in [2.24, 2.45) is 0 Å². The Bertz CT molecular complexity index is 463. The van der Waals surface area contributed by atoms with E-state index in [-0.39, 0.29) is 12.4 Å². The Labute approximate surface area is 123 Å². The van der Waals surface area contributed by atoms with Crippen molar-refractivity contribution in [2.45, 2.75) is 50.1 Å². The summed E-state index contributed by atoms with van der Waals surface area (Å²) in [7, 11) is 0. The molecule has 2 atom stereocenters. The average molecular weight is 296 g/mol. The highest BCUT2D eigenvalue weighted by Gasteiger charge is 2.50. The van der Waals surface area contributed by atoms with E-state index in [1.54, 1.807) is 0 Å². The van der Waals surface area contributed by atoms with E-state index in [0.717, 1.165) is 25.7 Å². The maximum atomic E-state index is 11.6. The summed E-state index contributed by atoms with van der Waals surface area (Å²) in [6.45, 7) is 4.06. The van der Waals surface area contributed by atoms with Gasteiger partial charge in [-0.25, -0.2) is 4.79 Å². The second kappa shape index (κ2) is 5.69. The monoisotopic (exact) mass is 296 g/mol. The second-order valence-corrected chi connectivity index (χ2v) is 5.58. The number of aliphatic hydroxyl groups is 1. The van der Waals surface area contributed by atoms with Crippen LogP contribution in [0.1, 0.15) is 32.1 Å². The first-order valence-electron chi connectivity index (χ1n) is 7.35. The van der Waals surface area contributed by atoms with Gasteiger partial charge in [0.25, 0.3) is 0 Å². The smallest absolute Gasteiger partial charge is 0.378 e. The lowest BCUT2D eigenvalue weighted by atomic mass is 9.94. The summed E-state index contributed by atoms with van der Waals surface area (Å²) in [4.78, 5) is 11.6. The number of aliphatic hydroxyl groups excluding tert-OH is 1. The Morgan fingerprint density at radius 3 is 2.86 bits per heavy atom. The quantitative estimate of drug-likeness (QED) is 0.631. The first-order chi connectivity index (χ1) is 10.2. The molecule has 2 aliphatic heterocycles. The van der Waals surface area contributed by atoms with Gasteiger partial charge in [0.15, 0.2) is 17.7 Å². The molecule has 6 nitrogen and oxygen atoms in total. The van der Waals surface area contributed by atoms with Crippen LogP contribution in [0.2, 0.25) is 0 Å². The summed E-state index contributed by atoms with van der Waals surface area (Å²) < 4.78 is 22.4. The van der Waals surface area contributed by atoms with Gasteiger partial charge in [-0.1, -0.05) is 19.1 Å². The molecule has 6 heteroatoms. The lowest BCUT2D eigenvalue weighted by Crippen LogP contribution is -2.37. The van der Waals surface area contributed by atoms with Crippen LogP contribution < -0.4 is 0 Å². The van der Waals surface area contributed by atoms with Crippen LogP contribution in [0.15, 0.2) is 24.2 Å². The minimum absolute atomic E-state index is 0.112. The molecule has 0 radical (unpaired) electrons. The first-order valence-corrected chi connectivity index (χ1v) is 7.35. The van der Waals surface area contributed by atoms with Crippen molar-refractivity contribution in [3.63, 3.8) is 0 Å².